The molecule has 0 radical (unpaired) electrons. The van der Waals surface area contributed by atoms with Crippen molar-refractivity contribution < 1.29 is 13.2 Å². The van der Waals surface area contributed by atoms with Gasteiger partial charge in [0.05, 0.1) is 16.5 Å². The van der Waals surface area contributed by atoms with Gasteiger partial charge < -0.3 is 11.1 Å². The summed E-state index contributed by atoms with van der Waals surface area (Å²) in [7, 11) is -2.38. The van der Waals surface area contributed by atoms with E-state index in [1.807, 2.05) is 0 Å². The van der Waals surface area contributed by atoms with Crippen LogP contribution in [0.4, 0.5) is 0 Å². The number of nitrogens with one attached hydrogen (secondary N) is 1. The first-order valence-electron chi connectivity index (χ1n) is 6.04. The van der Waals surface area contributed by atoms with Gasteiger partial charge in [-0.1, -0.05) is 30.7 Å². The highest BCUT2D eigenvalue weighted by Gasteiger charge is 2.25. The van der Waals surface area contributed by atoms with Crippen LogP contribution in [0.15, 0.2) is 23.1 Å². The van der Waals surface area contributed by atoms with Gasteiger partial charge in [-0.25, -0.2) is 8.42 Å². The maximum atomic E-state index is 12.5. The van der Waals surface area contributed by atoms with E-state index in [-0.39, 0.29) is 28.0 Å². The first-order valence-corrected chi connectivity index (χ1v) is 8.26. The predicted octanol–water partition coefficient (Wildman–Crippen LogP) is 0.731. The summed E-state index contributed by atoms with van der Waals surface area (Å²) in [6.45, 7) is 1.54. The number of likely N-dealkylation sites (N-methyl/N-ethyl adjacent to an activating group) is 2. The van der Waals surface area contributed by atoms with Gasteiger partial charge in [-0.15, -0.1) is 0 Å². The van der Waals surface area contributed by atoms with E-state index in [0.717, 1.165) is 4.31 Å². The van der Waals surface area contributed by atoms with Crippen molar-refractivity contribution in [3.05, 3.63) is 28.8 Å². The van der Waals surface area contributed by atoms with Crippen molar-refractivity contribution in [1.82, 2.24) is 9.62 Å². The van der Waals surface area contributed by atoms with Crippen molar-refractivity contribution in [3.8, 4) is 0 Å². The fourth-order valence-corrected chi connectivity index (χ4v) is 3.62. The average Bonchev–Trinajstić information content (AvgIpc) is 2.43. The molecule has 1 amide bonds. The van der Waals surface area contributed by atoms with Crippen molar-refractivity contribution in [1.29, 1.82) is 0 Å². The number of hydrogen-bond acceptors (Lipinski definition) is 4. The summed E-state index contributed by atoms with van der Waals surface area (Å²) in [6, 6.07) is 4.09. The van der Waals surface area contributed by atoms with Gasteiger partial charge in [0.25, 0.3) is 0 Å². The van der Waals surface area contributed by atoms with Crippen LogP contribution in [-0.4, -0.2) is 43.8 Å². The van der Waals surface area contributed by atoms with E-state index < -0.39 is 15.9 Å². The van der Waals surface area contributed by atoms with Crippen LogP contribution in [0, 0.1) is 0 Å². The first kappa shape index (κ1) is 17.8. The maximum Gasteiger partial charge on any atom is 0.243 e. The number of benzene rings is 1. The zero-order valence-electron chi connectivity index (χ0n) is 11.6. The molecule has 0 heterocycles. The minimum atomic E-state index is -3.82. The van der Waals surface area contributed by atoms with Crippen molar-refractivity contribution in [2.45, 2.75) is 11.8 Å². The highest BCUT2D eigenvalue weighted by molar-refractivity contribution is 7.89. The van der Waals surface area contributed by atoms with Crippen LogP contribution in [0.25, 0.3) is 0 Å². The molecule has 1 rings (SSSR count). The number of nitrogens with zero attached hydrogens (tertiary/aromatic N) is 1. The van der Waals surface area contributed by atoms with Crippen molar-refractivity contribution in [3.63, 3.8) is 0 Å². The summed E-state index contributed by atoms with van der Waals surface area (Å²) in [5.41, 5.74) is 5.88. The Labute approximate surface area is 134 Å². The fourth-order valence-electron chi connectivity index (χ4n) is 1.61. The first-order chi connectivity index (χ1) is 9.73. The summed E-state index contributed by atoms with van der Waals surface area (Å²) in [5, 5.41) is 2.54. The second-order valence-electron chi connectivity index (χ2n) is 4.11. The summed E-state index contributed by atoms with van der Waals surface area (Å²) in [6.07, 6.45) is 0. The number of carbonyl (C=O) groups is 1. The van der Waals surface area contributed by atoms with Crippen LogP contribution in [-0.2, 0) is 14.8 Å². The van der Waals surface area contributed by atoms with Gasteiger partial charge >= 0.3 is 0 Å². The third-order valence-electron chi connectivity index (χ3n) is 2.80. The molecule has 1 aromatic rings. The van der Waals surface area contributed by atoms with Crippen molar-refractivity contribution in [2.75, 3.05) is 20.1 Å². The van der Waals surface area contributed by atoms with Crippen LogP contribution in [0.2, 0.25) is 5.02 Å². The van der Waals surface area contributed by atoms with Gasteiger partial charge in [-0.2, -0.15) is 4.31 Å². The zero-order valence-corrected chi connectivity index (χ0v) is 14.0. The summed E-state index contributed by atoms with van der Waals surface area (Å²) in [5.74, 6) is -0.397. The Bertz CT molecular complexity index is 662. The zero-order chi connectivity index (χ0) is 16.2. The summed E-state index contributed by atoms with van der Waals surface area (Å²) < 4.78 is 26.0. The molecule has 0 saturated carbocycles. The van der Waals surface area contributed by atoms with Gasteiger partial charge in [-0.3, -0.25) is 4.79 Å². The lowest BCUT2D eigenvalue weighted by molar-refractivity contribution is -0.120. The molecule has 3 N–H and O–H groups in total. The van der Waals surface area contributed by atoms with Gasteiger partial charge in [0.15, 0.2) is 0 Å². The molecular weight excluding hydrogens is 334 g/mol. The van der Waals surface area contributed by atoms with Crippen molar-refractivity contribution >= 4 is 44.7 Å². The lowest BCUT2D eigenvalue weighted by atomic mass is 10.2. The Balaban J connectivity index is 3.20. The molecular formula is C12H16ClN3O3S2. The number of nitrogens with two attached hydrogens (primary N) is 1. The van der Waals surface area contributed by atoms with Gasteiger partial charge in [-0.05, 0) is 18.2 Å². The molecule has 9 heteroatoms. The van der Waals surface area contributed by atoms with E-state index in [4.69, 9.17) is 29.6 Å². The average molecular weight is 350 g/mol. The molecule has 0 aromatic heterocycles. The molecule has 116 valence electrons. The van der Waals surface area contributed by atoms with Crippen molar-refractivity contribution in [2.24, 2.45) is 5.73 Å². The third kappa shape index (κ3) is 4.13. The Morgan fingerprint density at radius 2 is 2.10 bits per heavy atom. The molecule has 0 fully saturated rings. The minimum Gasteiger partial charge on any atom is -0.389 e. The quantitative estimate of drug-likeness (QED) is 0.739. The highest BCUT2D eigenvalue weighted by Crippen LogP contribution is 2.23. The van der Waals surface area contributed by atoms with E-state index >= 15 is 0 Å². The number of thiocarbonyl (C=S) groups is 1. The van der Waals surface area contributed by atoms with E-state index in [0.29, 0.717) is 5.56 Å². The van der Waals surface area contributed by atoms with E-state index in [9.17, 15) is 13.2 Å². The van der Waals surface area contributed by atoms with E-state index in [1.165, 1.54) is 25.2 Å². The molecule has 0 aliphatic carbocycles. The maximum absolute atomic E-state index is 12.5. The van der Waals surface area contributed by atoms with Crippen LogP contribution in [0.1, 0.15) is 12.5 Å². The molecule has 0 spiro atoms. The molecule has 6 nitrogen and oxygen atoms in total. The highest BCUT2D eigenvalue weighted by atomic mass is 35.5. The Kier molecular flexibility index (Phi) is 6.09. The number of rotatable bonds is 6. The lowest BCUT2D eigenvalue weighted by Crippen LogP contribution is -2.39. The minimum absolute atomic E-state index is 0.0155. The van der Waals surface area contributed by atoms with Gasteiger partial charge in [0.1, 0.15) is 4.99 Å². The van der Waals surface area contributed by atoms with E-state index in [2.05, 4.69) is 5.32 Å². The second-order valence-corrected chi connectivity index (χ2v) is 6.90. The largest absolute Gasteiger partial charge is 0.389 e. The Hall–Kier alpha value is -1.22. The van der Waals surface area contributed by atoms with Crippen LogP contribution < -0.4 is 11.1 Å². The Morgan fingerprint density at radius 3 is 2.52 bits per heavy atom. The summed E-state index contributed by atoms with van der Waals surface area (Å²) in [4.78, 5) is 11.5. The van der Waals surface area contributed by atoms with Crippen LogP contribution in [0.5, 0.6) is 0 Å². The van der Waals surface area contributed by atoms with Crippen LogP contribution in [0.3, 0.4) is 0 Å². The number of sulfonamides is 1. The summed E-state index contributed by atoms with van der Waals surface area (Å²) >= 11 is 10.8. The number of hydrogen-bond donors (Lipinski definition) is 2. The number of halogens is 1. The molecule has 21 heavy (non-hydrogen) atoms. The second kappa shape index (κ2) is 7.17. The van der Waals surface area contributed by atoms with Gasteiger partial charge in [0, 0.05) is 19.2 Å². The predicted molar refractivity (Wildman–Crippen MR) is 85.8 cm³/mol. The topological polar surface area (TPSA) is 92.5 Å². The monoisotopic (exact) mass is 349 g/mol. The molecule has 0 bridgehead atoms. The molecule has 0 aliphatic rings. The smallest absolute Gasteiger partial charge is 0.243 e. The number of carbonyl (C=O) groups excluding carboxylic acids is 1. The molecule has 1 aromatic carbocycles. The lowest BCUT2D eigenvalue weighted by Gasteiger charge is -2.20. The fraction of sp³-hybridized carbons (Fsp3) is 0.333. The van der Waals surface area contributed by atoms with Crippen LogP contribution >= 0.6 is 23.8 Å². The number of amides is 1. The molecule has 0 saturated heterocycles. The Morgan fingerprint density at radius 1 is 1.48 bits per heavy atom. The molecule has 0 unspecified atom stereocenters. The van der Waals surface area contributed by atoms with E-state index in [1.54, 1.807) is 6.92 Å². The standard InChI is InChI=1S/C12H16ClN3O3S2/c1-3-16(7-11(17)15-2)21(18,19)8-4-5-9(12(14)20)10(13)6-8/h4-6H,3,7H2,1-2H3,(H2,14,20)(H,15,17). The van der Waals surface area contributed by atoms with Gasteiger partial charge in [0.2, 0.25) is 15.9 Å². The SMILES string of the molecule is CCN(CC(=O)NC)S(=O)(=O)c1ccc(C(N)=S)c(Cl)c1. The normalized spacial score (nSPS) is 11.4. The molecule has 0 aliphatic heterocycles. The third-order valence-corrected chi connectivity index (χ3v) is 5.24. The molecule has 0 atom stereocenters.